The molecule has 106 valence electrons. The van der Waals surface area contributed by atoms with Gasteiger partial charge in [0, 0.05) is 9.50 Å². The molecule has 3 nitrogen and oxygen atoms in total. The van der Waals surface area contributed by atoms with Gasteiger partial charge in [-0.1, -0.05) is 39.7 Å². The third-order valence-electron chi connectivity index (χ3n) is 3.47. The number of nitrogens with zero attached hydrogens (tertiary/aromatic N) is 2. The Bertz CT molecular complexity index is 876. The van der Waals surface area contributed by atoms with Gasteiger partial charge >= 0.3 is 0 Å². The molecule has 1 heterocycles. The quantitative estimate of drug-likeness (QED) is 0.675. The van der Waals surface area contributed by atoms with E-state index in [1.165, 1.54) is 6.20 Å². The molecule has 0 aliphatic heterocycles. The minimum Gasteiger partial charge on any atom is -0.298 e. The van der Waals surface area contributed by atoms with Crippen LogP contribution in [0.4, 0.5) is 0 Å². The van der Waals surface area contributed by atoms with E-state index in [0.29, 0.717) is 5.02 Å². The van der Waals surface area contributed by atoms with Gasteiger partial charge in [-0.05, 0) is 42.8 Å². The Morgan fingerprint density at radius 2 is 2.05 bits per heavy atom. The summed E-state index contributed by atoms with van der Waals surface area (Å²) in [6, 6.07) is 13.1. The molecule has 1 aromatic heterocycles. The molecule has 3 aromatic rings. The molecule has 0 saturated carbocycles. The van der Waals surface area contributed by atoms with Crippen molar-refractivity contribution in [2.45, 2.75) is 13.0 Å². The molecule has 0 bridgehead atoms. The van der Waals surface area contributed by atoms with Crippen molar-refractivity contribution in [3.63, 3.8) is 0 Å². The lowest BCUT2D eigenvalue weighted by Crippen LogP contribution is -2.24. The van der Waals surface area contributed by atoms with Gasteiger partial charge in [0.2, 0.25) is 0 Å². The van der Waals surface area contributed by atoms with Gasteiger partial charge in [0.15, 0.2) is 0 Å². The molecule has 1 unspecified atom stereocenters. The largest absolute Gasteiger partial charge is 0.298 e. The van der Waals surface area contributed by atoms with E-state index >= 15 is 0 Å². The maximum atomic E-state index is 12.3. The zero-order valence-electron chi connectivity index (χ0n) is 11.3. The molecule has 0 amide bonds. The first-order valence-corrected chi connectivity index (χ1v) is 7.65. The van der Waals surface area contributed by atoms with Crippen molar-refractivity contribution in [3.05, 3.63) is 74.1 Å². The highest BCUT2D eigenvalue weighted by Crippen LogP contribution is 2.24. The Morgan fingerprint density at radius 3 is 2.81 bits per heavy atom. The molecule has 0 aliphatic carbocycles. The number of benzene rings is 2. The highest BCUT2D eigenvalue weighted by molar-refractivity contribution is 9.10. The fourth-order valence-electron chi connectivity index (χ4n) is 2.42. The predicted octanol–water partition coefficient (Wildman–Crippen LogP) is 4.42. The van der Waals surface area contributed by atoms with Crippen LogP contribution in [0.25, 0.3) is 11.0 Å². The smallest absolute Gasteiger partial charge is 0.270 e. The Balaban J connectivity index is 2.26. The number of aromatic nitrogens is 2. The normalized spacial score (nSPS) is 12.5. The molecule has 3 rings (SSSR count). The number of rotatable bonds is 2. The molecule has 21 heavy (non-hydrogen) atoms. The fraction of sp³-hybridized carbons (Fsp3) is 0.125. The maximum Gasteiger partial charge on any atom is 0.270 e. The molecule has 0 saturated heterocycles. The third kappa shape index (κ3) is 2.74. The van der Waals surface area contributed by atoms with Crippen LogP contribution >= 0.6 is 27.5 Å². The zero-order chi connectivity index (χ0) is 15.0. The molecule has 1 atom stereocenters. The van der Waals surface area contributed by atoms with Gasteiger partial charge in [-0.15, -0.1) is 0 Å². The Kier molecular flexibility index (Phi) is 3.83. The minimum absolute atomic E-state index is 0.129. The van der Waals surface area contributed by atoms with Crippen LogP contribution in [0.3, 0.4) is 0 Å². The van der Waals surface area contributed by atoms with Gasteiger partial charge in [0.05, 0.1) is 23.3 Å². The van der Waals surface area contributed by atoms with E-state index in [9.17, 15) is 4.79 Å². The lowest BCUT2D eigenvalue weighted by atomic mass is 10.1. The van der Waals surface area contributed by atoms with E-state index in [1.54, 1.807) is 4.57 Å². The zero-order valence-corrected chi connectivity index (χ0v) is 13.6. The monoisotopic (exact) mass is 362 g/mol. The average molecular weight is 364 g/mol. The van der Waals surface area contributed by atoms with Gasteiger partial charge in [0.1, 0.15) is 0 Å². The van der Waals surface area contributed by atoms with Gasteiger partial charge in [-0.2, -0.15) is 0 Å². The Morgan fingerprint density at radius 1 is 1.24 bits per heavy atom. The van der Waals surface area contributed by atoms with E-state index in [0.717, 1.165) is 21.1 Å². The predicted molar refractivity (Wildman–Crippen MR) is 89.0 cm³/mol. The highest BCUT2D eigenvalue weighted by atomic mass is 79.9. The number of hydrogen-bond donors (Lipinski definition) is 0. The minimum atomic E-state index is -0.131. The number of hydrogen-bond acceptors (Lipinski definition) is 2. The summed E-state index contributed by atoms with van der Waals surface area (Å²) in [7, 11) is 0. The van der Waals surface area contributed by atoms with Crippen LogP contribution in [-0.2, 0) is 0 Å². The topological polar surface area (TPSA) is 34.9 Å². The van der Waals surface area contributed by atoms with Crippen molar-refractivity contribution >= 4 is 38.6 Å². The van der Waals surface area contributed by atoms with Gasteiger partial charge in [0.25, 0.3) is 5.56 Å². The first-order chi connectivity index (χ1) is 10.1. The van der Waals surface area contributed by atoms with Crippen LogP contribution in [0.15, 0.2) is 57.9 Å². The molecular weight excluding hydrogens is 352 g/mol. The highest BCUT2D eigenvalue weighted by Gasteiger charge is 2.13. The molecule has 0 fully saturated rings. The summed E-state index contributed by atoms with van der Waals surface area (Å²) in [4.78, 5) is 16.5. The van der Waals surface area contributed by atoms with E-state index in [-0.39, 0.29) is 11.6 Å². The van der Waals surface area contributed by atoms with E-state index < -0.39 is 0 Å². The van der Waals surface area contributed by atoms with Crippen LogP contribution in [0, 0.1) is 0 Å². The van der Waals surface area contributed by atoms with Crippen LogP contribution < -0.4 is 5.56 Å². The standard InChI is InChI=1S/C16H12BrClN2O/c1-10(11-3-2-4-13(18)7-11)20-15-8-12(17)5-6-14(15)19-9-16(20)21/h2-10H,1H3. The van der Waals surface area contributed by atoms with Gasteiger partial charge < -0.3 is 0 Å². The second-order valence-corrected chi connectivity index (χ2v) is 6.18. The van der Waals surface area contributed by atoms with Crippen molar-refractivity contribution in [2.75, 3.05) is 0 Å². The summed E-state index contributed by atoms with van der Waals surface area (Å²) in [5, 5.41) is 0.659. The second kappa shape index (κ2) is 5.62. The molecule has 0 spiro atoms. The maximum absolute atomic E-state index is 12.3. The first-order valence-electron chi connectivity index (χ1n) is 6.48. The summed E-state index contributed by atoms with van der Waals surface area (Å²) < 4.78 is 2.65. The second-order valence-electron chi connectivity index (χ2n) is 4.83. The van der Waals surface area contributed by atoms with Crippen molar-refractivity contribution in [1.29, 1.82) is 0 Å². The molecular formula is C16H12BrClN2O. The van der Waals surface area contributed by atoms with Crippen molar-refractivity contribution in [3.8, 4) is 0 Å². The summed E-state index contributed by atoms with van der Waals surface area (Å²) >= 11 is 9.50. The van der Waals surface area contributed by atoms with Crippen LogP contribution in [0.2, 0.25) is 5.02 Å². The summed E-state index contributed by atoms with van der Waals surface area (Å²) in [5.74, 6) is 0. The lowest BCUT2D eigenvalue weighted by molar-refractivity contribution is 0.635. The van der Waals surface area contributed by atoms with Crippen LogP contribution in [0.1, 0.15) is 18.5 Å². The first kappa shape index (κ1) is 14.3. The molecule has 0 aliphatic rings. The average Bonchev–Trinajstić information content (AvgIpc) is 2.46. The lowest BCUT2D eigenvalue weighted by Gasteiger charge is -2.18. The van der Waals surface area contributed by atoms with Gasteiger partial charge in [-0.3, -0.25) is 9.36 Å². The van der Waals surface area contributed by atoms with Gasteiger partial charge in [-0.25, -0.2) is 4.98 Å². The van der Waals surface area contributed by atoms with E-state index in [4.69, 9.17) is 11.6 Å². The molecule has 2 aromatic carbocycles. The summed E-state index contributed by atoms with van der Waals surface area (Å²) in [6.07, 6.45) is 1.36. The molecule has 0 radical (unpaired) electrons. The van der Waals surface area contributed by atoms with Crippen LogP contribution in [-0.4, -0.2) is 9.55 Å². The number of halogens is 2. The van der Waals surface area contributed by atoms with E-state index in [1.807, 2.05) is 49.4 Å². The van der Waals surface area contributed by atoms with E-state index in [2.05, 4.69) is 20.9 Å². The van der Waals surface area contributed by atoms with Crippen molar-refractivity contribution in [1.82, 2.24) is 9.55 Å². The molecule has 0 N–H and O–H groups in total. The molecule has 5 heteroatoms. The van der Waals surface area contributed by atoms with Crippen molar-refractivity contribution < 1.29 is 0 Å². The Labute approximate surface area is 135 Å². The summed E-state index contributed by atoms with van der Waals surface area (Å²) in [5.41, 5.74) is 2.43. The van der Waals surface area contributed by atoms with Crippen LogP contribution in [0.5, 0.6) is 0 Å². The Hall–Kier alpha value is -1.65. The number of fused-ring (bicyclic) bond motifs is 1. The SMILES string of the molecule is CC(c1cccc(Cl)c1)n1c(=O)cnc2ccc(Br)cc21. The fourth-order valence-corrected chi connectivity index (χ4v) is 2.97. The third-order valence-corrected chi connectivity index (χ3v) is 4.20. The van der Waals surface area contributed by atoms with Crippen molar-refractivity contribution in [2.24, 2.45) is 0 Å². The summed E-state index contributed by atoms with van der Waals surface area (Å²) in [6.45, 7) is 1.98.